The molecule has 0 aliphatic carbocycles. The predicted octanol–water partition coefficient (Wildman–Crippen LogP) is 8.23. The van der Waals surface area contributed by atoms with Gasteiger partial charge in [-0.3, -0.25) is 0 Å². The van der Waals surface area contributed by atoms with Gasteiger partial charge in [-0.15, -0.1) is 20.5 Å². The van der Waals surface area contributed by atoms with Crippen molar-refractivity contribution in [3.63, 3.8) is 0 Å². The van der Waals surface area contributed by atoms with Crippen molar-refractivity contribution in [3.05, 3.63) is 59.7 Å². The standard InChI is InChI=1S/C28H35N5O3/c1-27(2,3)19-7-9-21-23(17-19)35-15-13-34-14-16-36-24-18-20(28(4,5)6)8-10-22(24)31-33-26-12-11-25(29-26)32-30-21/h7-12,17-18,29H,13-16H2,1-6H3. The highest BCUT2D eigenvalue weighted by Gasteiger charge is 2.18. The summed E-state index contributed by atoms with van der Waals surface area (Å²) in [5.74, 6) is 2.47. The predicted molar refractivity (Wildman–Crippen MR) is 141 cm³/mol. The molecule has 2 heterocycles. The number of ether oxygens (including phenoxy) is 3. The van der Waals surface area contributed by atoms with Crippen LogP contribution in [0.15, 0.2) is 69.0 Å². The summed E-state index contributed by atoms with van der Waals surface area (Å²) >= 11 is 0. The molecule has 0 spiro atoms. The van der Waals surface area contributed by atoms with Gasteiger partial charge >= 0.3 is 0 Å². The van der Waals surface area contributed by atoms with Crippen LogP contribution in [0.25, 0.3) is 0 Å². The number of aromatic nitrogens is 1. The molecule has 1 N–H and O–H groups in total. The van der Waals surface area contributed by atoms with E-state index in [1.165, 1.54) is 0 Å². The van der Waals surface area contributed by atoms with Crippen molar-refractivity contribution in [2.24, 2.45) is 20.5 Å². The van der Waals surface area contributed by atoms with Gasteiger partial charge in [-0.1, -0.05) is 53.7 Å². The summed E-state index contributed by atoms with van der Waals surface area (Å²) in [4.78, 5) is 3.13. The molecule has 3 aromatic rings. The average molecular weight is 490 g/mol. The molecule has 1 aromatic heterocycles. The maximum Gasteiger partial charge on any atom is 0.154 e. The van der Waals surface area contributed by atoms with Crippen molar-refractivity contribution >= 4 is 23.0 Å². The Hall–Kier alpha value is -3.52. The second-order valence-corrected chi connectivity index (χ2v) is 10.8. The van der Waals surface area contributed by atoms with Crippen molar-refractivity contribution in [2.45, 2.75) is 52.4 Å². The minimum Gasteiger partial charge on any atom is -0.489 e. The largest absolute Gasteiger partial charge is 0.489 e. The molecule has 190 valence electrons. The van der Waals surface area contributed by atoms with E-state index >= 15 is 0 Å². The fraction of sp³-hybridized carbons (Fsp3) is 0.429. The Morgan fingerprint density at radius 1 is 0.583 bits per heavy atom. The second-order valence-electron chi connectivity index (χ2n) is 10.8. The van der Waals surface area contributed by atoms with E-state index in [-0.39, 0.29) is 10.8 Å². The number of hydrogen-bond donors (Lipinski definition) is 1. The number of hydrogen-bond acceptors (Lipinski definition) is 7. The van der Waals surface area contributed by atoms with Gasteiger partial charge in [-0.2, -0.15) is 0 Å². The zero-order valence-corrected chi connectivity index (χ0v) is 22.0. The summed E-state index contributed by atoms with van der Waals surface area (Å²) in [6, 6.07) is 15.6. The van der Waals surface area contributed by atoms with Crippen LogP contribution in [0.2, 0.25) is 0 Å². The third-order valence-corrected chi connectivity index (χ3v) is 5.81. The summed E-state index contributed by atoms with van der Waals surface area (Å²) < 4.78 is 17.9. The van der Waals surface area contributed by atoms with Gasteiger partial charge in [-0.25, -0.2) is 0 Å². The molecule has 0 unspecified atom stereocenters. The Labute approximate surface area is 212 Å². The van der Waals surface area contributed by atoms with Gasteiger partial charge in [0.15, 0.2) is 11.6 Å². The van der Waals surface area contributed by atoms with E-state index in [2.05, 4.69) is 79.1 Å². The average Bonchev–Trinajstić information content (AvgIpc) is 3.27. The fourth-order valence-corrected chi connectivity index (χ4v) is 3.59. The molecule has 0 saturated heterocycles. The number of benzene rings is 2. The van der Waals surface area contributed by atoms with Crippen LogP contribution in [0, 0.1) is 0 Å². The van der Waals surface area contributed by atoms with E-state index < -0.39 is 0 Å². The van der Waals surface area contributed by atoms with Crippen molar-refractivity contribution in [1.82, 2.24) is 4.98 Å². The molecule has 8 nitrogen and oxygen atoms in total. The number of nitrogens with zero attached hydrogens (tertiary/aromatic N) is 4. The van der Waals surface area contributed by atoms with Crippen LogP contribution in [-0.2, 0) is 15.6 Å². The Morgan fingerprint density at radius 3 is 1.44 bits per heavy atom. The second kappa shape index (κ2) is 10.6. The zero-order chi connectivity index (χ0) is 25.8. The van der Waals surface area contributed by atoms with Crippen LogP contribution in [-0.4, -0.2) is 31.4 Å². The van der Waals surface area contributed by atoms with Crippen molar-refractivity contribution < 1.29 is 14.2 Å². The highest BCUT2D eigenvalue weighted by molar-refractivity contribution is 5.56. The first-order valence-electron chi connectivity index (χ1n) is 12.2. The van der Waals surface area contributed by atoms with Crippen molar-refractivity contribution in [3.8, 4) is 11.5 Å². The van der Waals surface area contributed by atoms with Crippen LogP contribution < -0.4 is 9.47 Å². The number of azo groups is 2. The third-order valence-electron chi connectivity index (χ3n) is 5.81. The van der Waals surface area contributed by atoms with E-state index in [0.717, 1.165) is 11.1 Å². The number of aromatic amines is 1. The van der Waals surface area contributed by atoms with Gasteiger partial charge in [0, 0.05) is 0 Å². The summed E-state index contributed by atoms with van der Waals surface area (Å²) in [5, 5.41) is 17.5. The summed E-state index contributed by atoms with van der Waals surface area (Å²) in [5.41, 5.74) is 3.57. The molecule has 0 fully saturated rings. The van der Waals surface area contributed by atoms with Crippen molar-refractivity contribution in [2.75, 3.05) is 26.4 Å². The molecule has 0 atom stereocenters. The molecule has 2 bridgehead atoms. The minimum atomic E-state index is -0.0160. The topological polar surface area (TPSA) is 92.9 Å². The third kappa shape index (κ3) is 6.57. The van der Waals surface area contributed by atoms with Crippen LogP contribution in [0.4, 0.5) is 23.0 Å². The minimum absolute atomic E-state index is 0.0160. The molecule has 4 rings (SSSR count). The molecular weight excluding hydrogens is 454 g/mol. The van der Waals surface area contributed by atoms with Crippen LogP contribution >= 0.6 is 0 Å². The Balaban J connectivity index is 1.64. The van der Waals surface area contributed by atoms with E-state index in [0.29, 0.717) is 60.9 Å². The lowest BCUT2D eigenvalue weighted by Gasteiger charge is -2.21. The molecule has 1 aliphatic rings. The maximum absolute atomic E-state index is 6.05. The molecule has 0 saturated carbocycles. The van der Waals surface area contributed by atoms with Gasteiger partial charge in [0.05, 0.1) is 13.2 Å². The molecule has 8 heteroatoms. The lowest BCUT2D eigenvalue weighted by atomic mass is 9.87. The van der Waals surface area contributed by atoms with Gasteiger partial charge in [0.1, 0.15) is 36.1 Å². The van der Waals surface area contributed by atoms with E-state index in [1.54, 1.807) is 0 Å². The maximum atomic E-state index is 6.05. The molecule has 0 amide bonds. The molecule has 1 aliphatic heterocycles. The summed E-state index contributed by atoms with van der Waals surface area (Å²) in [6.07, 6.45) is 0. The SMILES string of the molecule is CC(C)(C)c1ccc2c(c1)OCCOCCOc1cc(C(C)(C)C)ccc1N=Nc1ccc([nH]1)N=N2. The van der Waals surface area contributed by atoms with E-state index in [9.17, 15) is 0 Å². The molecule has 36 heavy (non-hydrogen) atoms. The van der Waals surface area contributed by atoms with E-state index in [4.69, 9.17) is 14.2 Å². The highest BCUT2D eigenvalue weighted by atomic mass is 16.5. The van der Waals surface area contributed by atoms with Gasteiger partial charge < -0.3 is 19.2 Å². The molecule has 0 radical (unpaired) electrons. The van der Waals surface area contributed by atoms with Gasteiger partial charge in [0.25, 0.3) is 0 Å². The van der Waals surface area contributed by atoms with Crippen molar-refractivity contribution in [1.29, 1.82) is 0 Å². The zero-order valence-electron chi connectivity index (χ0n) is 22.0. The summed E-state index contributed by atoms with van der Waals surface area (Å²) in [6.45, 7) is 14.6. The first-order chi connectivity index (χ1) is 17.1. The number of fused-ring (bicyclic) bond motifs is 4. The Kier molecular flexibility index (Phi) is 7.54. The normalized spacial score (nSPS) is 15.2. The monoisotopic (exact) mass is 489 g/mol. The smallest absolute Gasteiger partial charge is 0.154 e. The van der Waals surface area contributed by atoms with Crippen LogP contribution in [0.1, 0.15) is 52.7 Å². The first kappa shape index (κ1) is 25.6. The van der Waals surface area contributed by atoms with Gasteiger partial charge in [0.2, 0.25) is 0 Å². The lowest BCUT2D eigenvalue weighted by Crippen LogP contribution is -2.14. The Bertz CT molecular complexity index is 1150. The highest BCUT2D eigenvalue weighted by Crippen LogP contribution is 2.36. The first-order valence-corrected chi connectivity index (χ1v) is 12.2. The number of rotatable bonds is 0. The quantitative estimate of drug-likeness (QED) is 0.345. The number of H-pyrrole nitrogens is 1. The van der Waals surface area contributed by atoms with Crippen LogP contribution in [0.5, 0.6) is 11.5 Å². The summed E-state index contributed by atoms with van der Waals surface area (Å²) in [7, 11) is 0. The Morgan fingerprint density at radius 2 is 1.03 bits per heavy atom. The van der Waals surface area contributed by atoms with Gasteiger partial charge in [-0.05, 0) is 58.4 Å². The lowest BCUT2D eigenvalue weighted by molar-refractivity contribution is 0.0766. The molecular formula is C28H35N5O3. The molecule has 2 aromatic carbocycles. The van der Waals surface area contributed by atoms with E-state index in [1.807, 2.05) is 36.4 Å². The number of nitrogens with one attached hydrogen (secondary N) is 1. The fourth-order valence-electron chi connectivity index (χ4n) is 3.59. The van der Waals surface area contributed by atoms with Crippen LogP contribution in [0.3, 0.4) is 0 Å².